The van der Waals surface area contributed by atoms with Gasteiger partial charge in [-0.25, -0.2) is 0 Å². The summed E-state index contributed by atoms with van der Waals surface area (Å²) in [5.74, 6) is -0.0573. The van der Waals surface area contributed by atoms with E-state index in [1.54, 1.807) is 24.3 Å². The number of ether oxygens (including phenoxy) is 1. The molecule has 0 aliphatic heterocycles. The van der Waals surface area contributed by atoms with E-state index in [1.165, 1.54) is 6.92 Å². The Labute approximate surface area is 123 Å². The predicted molar refractivity (Wildman–Crippen MR) is 80.2 cm³/mol. The Bertz CT molecular complexity index is 623. The van der Waals surface area contributed by atoms with Gasteiger partial charge in [0.15, 0.2) is 5.78 Å². The number of ketones is 1. The maximum absolute atomic E-state index is 12.1. The Balaban J connectivity index is 1.89. The SMILES string of the molecule is CC(=O)Oc1cccc(C(=O)CNCc2ccccc2)c1. The van der Waals surface area contributed by atoms with Crippen LogP contribution in [0, 0.1) is 0 Å². The first kappa shape index (κ1) is 14.9. The molecule has 0 unspecified atom stereocenters. The zero-order valence-corrected chi connectivity index (χ0v) is 11.8. The van der Waals surface area contributed by atoms with Crippen molar-refractivity contribution in [3.63, 3.8) is 0 Å². The Morgan fingerprint density at radius 3 is 2.52 bits per heavy atom. The van der Waals surface area contributed by atoms with Crippen LogP contribution in [-0.4, -0.2) is 18.3 Å². The maximum atomic E-state index is 12.1. The van der Waals surface area contributed by atoms with Gasteiger partial charge in [-0.3, -0.25) is 9.59 Å². The highest BCUT2D eigenvalue weighted by atomic mass is 16.5. The summed E-state index contributed by atoms with van der Waals surface area (Å²) >= 11 is 0. The van der Waals surface area contributed by atoms with Crippen LogP contribution in [0.1, 0.15) is 22.8 Å². The van der Waals surface area contributed by atoms with Crippen LogP contribution in [0.4, 0.5) is 0 Å². The Hall–Kier alpha value is -2.46. The number of hydrogen-bond acceptors (Lipinski definition) is 4. The normalized spacial score (nSPS) is 10.1. The van der Waals surface area contributed by atoms with Crippen molar-refractivity contribution in [2.75, 3.05) is 6.54 Å². The van der Waals surface area contributed by atoms with E-state index in [0.717, 1.165) is 5.56 Å². The molecule has 1 N–H and O–H groups in total. The molecule has 0 fully saturated rings. The summed E-state index contributed by atoms with van der Waals surface area (Å²) in [4.78, 5) is 23.0. The average molecular weight is 283 g/mol. The molecule has 108 valence electrons. The zero-order chi connectivity index (χ0) is 15.1. The van der Waals surface area contributed by atoms with Crippen LogP contribution in [-0.2, 0) is 11.3 Å². The summed E-state index contributed by atoms with van der Waals surface area (Å²) in [7, 11) is 0. The third-order valence-electron chi connectivity index (χ3n) is 2.88. The summed E-state index contributed by atoms with van der Waals surface area (Å²) in [6.07, 6.45) is 0. The largest absolute Gasteiger partial charge is 0.427 e. The third-order valence-corrected chi connectivity index (χ3v) is 2.88. The van der Waals surface area contributed by atoms with E-state index in [2.05, 4.69) is 5.32 Å². The minimum Gasteiger partial charge on any atom is -0.427 e. The van der Waals surface area contributed by atoms with Crippen molar-refractivity contribution in [1.29, 1.82) is 0 Å². The summed E-state index contributed by atoms with van der Waals surface area (Å²) in [6.45, 7) is 2.20. The number of benzene rings is 2. The second kappa shape index (κ2) is 7.36. The number of carbonyl (C=O) groups excluding carboxylic acids is 2. The maximum Gasteiger partial charge on any atom is 0.308 e. The molecule has 0 aliphatic rings. The number of rotatable bonds is 6. The summed E-state index contributed by atoms with van der Waals surface area (Å²) in [6, 6.07) is 16.5. The van der Waals surface area contributed by atoms with Crippen LogP contribution in [0.15, 0.2) is 54.6 Å². The first-order chi connectivity index (χ1) is 10.1. The molecule has 0 atom stereocenters. The molecule has 0 saturated heterocycles. The Kier molecular flexibility index (Phi) is 5.23. The number of hydrogen-bond donors (Lipinski definition) is 1. The molecule has 2 aromatic rings. The van der Waals surface area contributed by atoms with Crippen LogP contribution in [0.2, 0.25) is 0 Å². The van der Waals surface area contributed by atoms with Gasteiger partial charge in [-0.05, 0) is 17.7 Å². The van der Waals surface area contributed by atoms with Crippen LogP contribution in [0.5, 0.6) is 5.75 Å². The fraction of sp³-hybridized carbons (Fsp3) is 0.176. The van der Waals surface area contributed by atoms with E-state index < -0.39 is 5.97 Å². The minimum absolute atomic E-state index is 0.0417. The molecule has 0 spiro atoms. The molecule has 4 heteroatoms. The van der Waals surface area contributed by atoms with E-state index >= 15 is 0 Å². The monoisotopic (exact) mass is 283 g/mol. The van der Waals surface area contributed by atoms with Crippen molar-refractivity contribution in [1.82, 2.24) is 5.32 Å². The van der Waals surface area contributed by atoms with Gasteiger partial charge in [0, 0.05) is 19.0 Å². The molecule has 2 aromatic carbocycles. The minimum atomic E-state index is -0.401. The lowest BCUT2D eigenvalue weighted by atomic mass is 10.1. The van der Waals surface area contributed by atoms with Gasteiger partial charge in [-0.1, -0.05) is 42.5 Å². The van der Waals surface area contributed by atoms with Gasteiger partial charge >= 0.3 is 5.97 Å². The highest BCUT2D eigenvalue weighted by Crippen LogP contribution is 2.13. The van der Waals surface area contributed by atoms with Gasteiger partial charge in [0.05, 0.1) is 6.54 Å². The Morgan fingerprint density at radius 1 is 1.05 bits per heavy atom. The molecule has 21 heavy (non-hydrogen) atoms. The third kappa shape index (κ3) is 4.85. The number of carbonyl (C=O) groups is 2. The molecule has 4 nitrogen and oxygen atoms in total. The fourth-order valence-electron chi connectivity index (χ4n) is 1.92. The molecule has 2 rings (SSSR count). The van der Waals surface area contributed by atoms with Gasteiger partial charge in [0.25, 0.3) is 0 Å². The van der Waals surface area contributed by atoms with Crippen LogP contribution in [0.25, 0.3) is 0 Å². The van der Waals surface area contributed by atoms with E-state index in [4.69, 9.17) is 4.74 Å². The van der Waals surface area contributed by atoms with Crippen molar-refractivity contribution in [2.24, 2.45) is 0 Å². The zero-order valence-electron chi connectivity index (χ0n) is 11.8. The van der Waals surface area contributed by atoms with Gasteiger partial charge in [0.1, 0.15) is 5.75 Å². The van der Waals surface area contributed by atoms with E-state index in [-0.39, 0.29) is 12.3 Å². The predicted octanol–water partition coefficient (Wildman–Crippen LogP) is 2.58. The lowest BCUT2D eigenvalue weighted by molar-refractivity contribution is -0.131. The molecule has 0 heterocycles. The number of esters is 1. The van der Waals surface area contributed by atoms with Gasteiger partial charge in [-0.2, -0.15) is 0 Å². The lowest BCUT2D eigenvalue weighted by Crippen LogP contribution is -2.22. The van der Waals surface area contributed by atoms with E-state index in [0.29, 0.717) is 17.9 Å². The molecule has 0 aliphatic carbocycles. The van der Waals surface area contributed by atoms with E-state index in [9.17, 15) is 9.59 Å². The van der Waals surface area contributed by atoms with Gasteiger partial charge < -0.3 is 10.1 Å². The van der Waals surface area contributed by atoms with Crippen LogP contribution < -0.4 is 10.1 Å². The molecule has 0 saturated carbocycles. The average Bonchev–Trinajstić information content (AvgIpc) is 2.48. The molecular weight excluding hydrogens is 266 g/mol. The van der Waals surface area contributed by atoms with Crippen molar-refractivity contribution in [3.05, 3.63) is 65.7 Å². The standard InChI is InChI=1S/C17H17NO3/c1-13(19)21-16-9-5-8-15(10-16)17(20)12-18-11-14-6-3-2-4-7-14/h2-10,18H,11-12H2,1H3. The molecule has 0 bridgehead atoms. The topological polar surface area (TPSA) is 55.4 Å². The highest BCUT2D eigenvalue weighted by Gasteiger charge is 2.07. The second-order valence-electron chi connectivity index (χ2n) is 4.63. The van der Waals surface area contributed by atoms with Crippen LogP contribution >= 0.6 is 0 Å². The van der Waals surface area contributed by atoms with Crippen molar-refractivity contribution >= 4 is 11.8 Å². The van der Waals surface area contributed by atoms with Crippen LogP contribution in [0.3, 0.4) is 0 Å². The molecule has 0 aromatic heterocycles. The lowest BCUT2D eigenvalue weighted by Gasteiger charge is -2.06. The van der Waals surface area contributed by atoms with Gasteiger partial charge in [-0.15, -0.1) is 0 Å². The summed E-state index contributed by atoms with van der Waals surface area (Å²) in [5.41, 5.74) is 1.65. The van der Waals surface area contributed by atoms with Gasteiger partial charge in [0.2, 0.25) is 0 Å². The Morgan fingerprint density at radius 2 is 1.81 bits per heavy atom. The molecule has 0 amide bonds. The first-order valence-electron chi connectivity index (χ1n) is 6.71. The smallest absolute Gasteiger partial charge is 0.308 e. The second-order valence-corrected chi connectivity index (χ2v) is 4.63. The van der Waals surface area contributed by atoms with Crippen molar-refractivity contribution in [2.45, 2.75) is 13.5 Å². The number of nitrogens with one attached hydrogen (secondary N) is 1. The van der Waals surface area contributed by atoms with Crippen molar-refractivity contribution in [3.8, 4) is 5.75 Å². The first-order valence-corrected chi connectivity index (χ1v) is 6.71. The summed E-state index contributed by atoms with van der Waals surface area (Å²) < 4.78 is 4.97. The van der Waals surface area contributed by atoms with Crippen molar-refractivity contribution < 1.29 is 14.3 Å². The molecular formula is C17H17NO3. The fourth-order valence-corrected chi connectivity index (χ4v) is 1.92. The quantitative estimate of drug-likeness (QED) is 0.503. The van der Waals surface area contributed by atoms with E-state index in [1.807, 2.05) is 30.3 Å². The number of Topliss-reactive ketones (excluding diaryl/α,β-unsaturated/α-hetero) is 1. The molecule has 0 radical (unpaired) electrons. The highest BCUT2D eigenvalue weighted by molar-refractivity contribution is 5.98. The summed E-state index contributed by atoms with van der Waals surface area (Å²) in [5, 5.41) is 3.10.